The highest BCUT2D eigenvalue weighted by Crippen LogP contribution is 2.14. The summed E-state index contributed by atoms with van der Waals surface area (Å²) in [6.07, 6.45) is 0. The molecule has 21 heavy (non-hydrogen) atoms. The van der Waals surface area contributed by atoms with Gasteiger partial charge < -0.3 is 21.1 Å². The zero-order valence-corrected chi connectivity index (χ0v) is 11.6. The number of nitrogens with zero attached hydrogens (tertiary/aromatic N) is 2. The van der Waals surface area contributed by atoms with E-state index in [-0.39, 0.29) is 31.5 Å². The summed E-state index contributed by atoms with van der Waals surface area (Å²) in [6, 6.07) is 6.81. The van der Waals surface area contributed by atoms with Gasteiger partial charge in [-0.25, -0.2) is 4.79 Å². The zero-order chi connectivity index (χ0) is 15.2. The van der Waals surface area contributed by atoms with Crippen molar-refractivity contribution in [1.82, 2.24) is 10.2 Å². The van der Waals surface area contributed by atoms with Crippen molar-refractivity contribution in [3.8, 4) is 5.75 Å². The molecule has 0 spiro atoms. The quantitative estimate of drug-likeness (QED) is 0.401. The number of imide groups is 1. The number of carbonyl (C=O) groups is 2. The molecule has 1 fully saturated rings. The molecule has 4 N–H and O–H groups in total. The average molecular weight is 291 g/mol. The Balaban J connectivity index is 1.83. The normalized spacial score (nSPS) is 15.1. The van der Waals surface area contributed by atoms with Gasteiger partial charge in [0.1, 0.15) is 5.75 Å². The summed E-state index contributed by atoms with van der Waals surface area (Å²) in [6.45, 7) is 0.492. The number of anilines is 1. The second-order valence-corrected chi connectivity index (χ2v) is 4.32. The Morgan fingerprint density at radius 2 is 2.14 bits per heavy atom. The number of rotatable bonds is 5. The molecule has 1 aromatic rings. The van der Waals surface area contributed by atoms with Crippen molar-refractivity contribution < 1.29 is 14.3 Å². The second-order valence-electron chi connectivity index (χ2n) is 4.32. The van der Waals surface area contributed by atoms with Gasteiger partial charge >= 0.3 is 6.03 Å². The van der Waals surface area contributed by atoms with E-state index < -0.39 is 6.03 Å². The van der Waals surface area contributed by atoms with Crippen molar-refractivity contribution in [2.24, 2.45) is 10.7 Å². The van der Waals surface area contributed by atoms with Crippen molar-refractivity contribution in [3.05, 3.63) is 24.3 Å². The molecule has 0 radical (unpaired) electrons. The van der Waals surface area contributed by atoms with Gasteiger partial charge in [0.2, 0.25) is 5.91 Å². The first kappa shape index (κ1) is 14.6. The highest BCUT2D eigenvalue weighted by Gasteiger charge is 2.27. The maximum absolute atomic E-state index is 11.3. The van der Waals surface area contributed by atoms with E-state index in [0.717, 1.165) is 16.3 Å². The molecule has 8 heteroatoms. The molecule has 1 heterocycles. The fourth-order valence-electron chi connectivity index (χ4n) is 1.81. The van der Waals surface area contributed by atoms with Gasteiger partial charge in [-0.1, -0.05) is 0 Å². The van der Waals surface area contributed by atoms with Gasteiger partial charge in [-0.2, -0.15) is 0 Å². The van der Waals surface area contributed by atoms with Gasteiger partial charge in [0.25, 0.3) is 0 Å². The van der Waals surface area contributed by atoms with Crippen LogP contribution in [0.2, 0.25) is 0 Å². The maximum Gasteiger partial charge on any atom is 0.324 e. The number of urea groups is 1. The molecular weight excluding hydrogens is 274 g/mol. The Morgan fingerprint density at radius 1 is 1.43 bits per heavy atom. The van der Waals surface area contributed by atoms with Crippen molar-refractivity contribution >= 4 is 23.6 Å². The highest BCUT2D eigenvalue weighted by atomic mass is 16.5. The molecule has 0 unspecified atom stereocenters. The standard InChI is InChI=1S/C13H17N5O3/c1-21-10-4-2-9(3-5-10)17-12(14)15-6-7-18-11(19)8-16-13(18)20/h2-5H,6-8H2,1H3,(H,16,20)(H3,14,15,17). The van der Waals surface area contributed by atoms with Gasteiger partial charge in [-0.15, -0.1) is 0 Å². The molecule has 1 aliphatic rings. The van der Waals surface area contributed by atoms with Gasteiger partial charge in [-0.3, -0.25) is 14.7 Å². The predicted octanol–water partition coefficient (Wildman–Crippen LogP) is -0.0264. The number of nitrogens with one attached hydrogen (secondary N) is 2. The molecule has 112 valence electrons. The first-order chi connectivity index (χ1) is 10.1. The van der Waals surface area contributed by atoms with Crippen molar-refractivity contribution in [1.29, 1.82) is 0 Å². The lowest BCUT2D eigenvalue weighted by Crippen LogP contribution is -2.34. The summed E-state index contributed by atoms with van der Waals surface area (Å²) in [4.78, 5) is 27.8. The summed E-state index contributed by atoms with van der Waals surface area (Å²) in [5, 5.41) is 5.35. The van der Waals surface area contributed by atoms with Gasteiger partial charge in [0, 0.05) is 5.69 Å². The zero-order valence-electron chi connectivity index (χ0n) is 11.6. The first-order valence-corrected chi connectivity index (χ1v) is 6.39. The van der Waals surface area contributed by atoms with E-state index in [9.17, 15) is 9.59 Å². The van der Waals surface area contributed by atoms with E-state index in [1.54, 1.807) is 31.4 Å². The Morgan fingerprint density at radius 3 is 2.71 bits per heavy atom. The Bertz CT molecular complexity index is 539. The molecule has 2 rings (SSSR count). The van der Waals surface area contributed by atoms with Crippen LogP contribution >= 0.6 is 0 Å². The van der Waals surface area contributed by atoms with E-state index in [2.05, 4.69) is 15.6 Å². The van der Waals surface area contributed by atoms with Crippen LogP contribution in [0.5, 0.6) is 5.75 Å². The van der Waals surface area contributed by atoms with Gasteiger partial charge in [0.05, 0.1) is 26.7 Å². The predicted molar refractivity (Wildman–Crippen MR) is 78.2 cm³/mol. The molecule has 0 aromatic heterocycles. The lowest BCUT2D eigenvalue weighted by atomic mass is 10.3. The minimum absolute atomic E-state index is 0.0438. The minimum Gasteiger partial charge on any atom is -0.497 e. The molecular formula is C13H17N5O3. The summed E-state index contributed by atoms with van der Waals surface area (Å²) in [5.41, 5.74) is 6.50. The third-order valence-electron chi connectivity index (χ3n) is 2.91. The van der Waals surface area contributed by atoms with E-state index in [1.807, 2.05) is 0 Å². The first-order valence-electron chi connectivity index (χ1n) is 6.39. The molecule has 8 nitrogen and oxygen atoms in total. The molecule has 0 aliphatic carbocycles. The topological polar surface area (TPSA) is 109 Å². The van der Waals surface area contributed by atoms with E-state index in [0.29, 0.717) is 0 Å². The van der Waals surface area contributed by atoms with Crippen LogP contribution in [0.3, 0.4) is 0 Å². The monoisotopic (exact) mass is 291 g/mol. The number of carbonyl (C=O) groups excluding carboxylic acids is 2. The molecule has 1 saturated heterocycles. The third-order valence-corrected chi connectivity index (χ3v) is 2.91. The largest absolute Gasteiger partial charge is 0.497 e. The number of amides is 3. The van der Waals surface area contributed by atoms with Crippen molar-refractivity contribution in [3.63, 3.8) is 0 Å². The SMILES string of the molecule is COc1ccc(NC(N)=NCCN2C(=O)CNC2=O)cc1. The summed E-state index contributed by atoms with van der Waals surface area (Å²) >= 11 is 0. The number of benzene rings is 1. The Hall–Kier alpha value is -2.77. The number of nitrogens with two attached hydrogens (primary N) is 1. The molecule has 3 amide bonds. The number of ether oxygens (including phenoxy) is 1. The number of hydrogen-bond donors (Lipinski definition) is 3. The summed E-state index contributed by atoms with van der Waals surface area (Å²) < 4.78 is 5.05. The van der Waals surface area contributed by atoms with E-state index in [1.165, 1.54) is 0 Å². The lowest BCUT2D eigenvalue weighted by molar-refractivity contribution is -0.124. The van der Waals surface area contributed by atoms with Crippen LogP contribution in [-0.4, -0.2) is 49.5 Å². The third kappa shape index (κ3) is 3.85. The Labute approximate surface area is 122 Å². The Kier molecular flexibility index (Phi) is 4.60. The van der Waals surface area contributed by atoms with E-state index in [4.69, 9.17) is 10.5 Å². The van der Waals surface area contributed by atoms with Gasteiger partial charge in [-0.05, 0) is 24.3 Å². The average Bonchev–Trinajstić information content (AvgIpc) is 2.80. The maximum atomic E-state index is 11.3. The molecule has 0 atom stereocenters. The molecule has 1 aromatic carbocycles. The summed E-state index contributed by atoms with van der Waals surface area (Å²) in [7, 11) is 1.59. The smallest absolute Gasteiger partial charge is 0.324 e. The van der Waals surface area contributed by atoms with Crippen LogP contribution in [0.15, 0.2) is 29.3 Å². The fourth-order valence-corrected chi connectivity index (χ4v) is 1.81. The summed E-state index contributed by atoms with van der Waals surface area (Å²) in [5.74, 6) is 0.707. The number of methoxy groups -OCH3 is 1. The second kappa shape index (κ2) is 6.60. The molecule has 1 aliphatic heterocycles. The molecule has 0 saturated carbocycles. The number of aliphatic imine (C=N–C) groups is 1. The molecule has 0 bridgehead atoms. The van der Waals surface area contributed by atoms with Crippen LogP contribution in [0.25, 0.3) is 0 Å². The highest BCUT2D eigenvalue weighted by molar-refractivity contribution is 6.02. The van der Waals surface area contributed by atoms with Crippen LogP contribution in [0.4, 0.5) is 10.5 Å². The van der Waals surface area contributed by atoms with E-state index >= 15 is 0 Å². The van der Waals surface area contributed by atoms with Crippen molar-refractivity contribution in [2.75, 3.05) is 32.1 Å². The minimum atomic E-state index is -0.392. The van der Waals surface area contributed by atoms with Gasteiger partial charge in [0.15, 0.2) is 5.96 Å². The number of hydrogen-bond acceptors (Lipinski definition) is 4. The van der Waals surface area contributed by atoms with Crippen LogP contribution < -0.4 is 21.1 Å². The number of guanidine groups is 1. The van der Waals surface area contributed by atoms with Crippen LogP contribution in [0.1, 0.15) is 0 Å². The lowest BCUT2D eigenvalue weighted by Gasteiger charge is -2.11. The van der Waals surface area contributed by atoms with Crippen molar-refractivity contribution in [2.45, 2.75) is 0 Å². The fraction of sp³-hybridized carbons (Fsp3) is 0.308. The van der Waals surface area contributed by atoms with Crippen LogP contribution in [-0.2, 0) is 4.79 Å². The van der Waals surface area contributed by atoms with Crippen LogP contribution in [0, 0.1) is 0 Å².